The fourth-order valence-corrected chi connectivity index (χ4v) is 5.85. The third-order valence-corrected chi connectivity index (χ3v) is 8.15. The second-order valence-corrected chi connectivity index (χ2v) is 11.0. The van der Waals surface area contributed by atoms with Gasteiger partial charge in [0, 0.05) is 35.5 Å². The first-order chi connectivity index (χ1) is 20.7. The number of carbonyl (C=O) groups is 2. The van der Waals surface area contributed by atoms with Crippen LogP contribution in [0.25, 0.3) is 6.08 Å². The summed E-state index contributed by atoms with van der Waals surface area (Å²) in [6.07, 6.45) is 4.64. The predicted molar refractivity (Wildman–Crippen MR) is 171 cm³/mol. The average Bonchev–Trinajstić information content (AvgIpc) is 3.01. The number of fused-ring (bicyclic) bond motifs is 1. The quantitative estimate of drug-likeness (QED) is 0.127. The Hall–Kier alpha value is -5.04. The van der Waals surface area contributed by atoms with Gasteiger partial charge in [-0.2, -0.15) is 0 Å². The summed E-state index contributed by atoms with van der Waals surface area (Å²) in [5, 5.41) is 11.1. The summed E-state index contributed by atoms with van der Waals surface area (Å²) in [4.78, 5) is 42.4. The number of benzene rings is 4. The van der Waals surface area contributed by atoms with Gasteiger partial charge in [-0.1, -0.05) is 55.5 Å². The van der Waals surface area contributed by atoms with Gasteiger partial charge in [0.25, 0.3) is 17.5 Å². The van der Waals surface area contributed by atoms with Gasteiger partial charge >= 0.3 is 0 Å². The standard InChI is InChI=1S/C36H35N3O4/c1-5-27-13-18-29(19-14-27)36(41)37-26(4)23-33(31-11-8-10-25(3)35(31)37)38(32-12-7-6-9-24(32)2)34(40)22-17-28-15-20-30(21-16-28)39(42)43/h6-22,26,33H,5,23H2,1-4H3/b22-17+. The SMILES string of the molecule is CCc1ccc(C(=O)N2c3c(C)cccc3C(N(C(=O)/C=C/c3ccc([N+](=O)[O-])cc3)c3ccccc3C)CC2C)cc1. The molecule has 5 rings (SSSR count). The molecule has 0 spiro atoms. The van der Waals surface area contributed by atoms with Crippen molar-refractivity contribution in [3.05, 3.63) is 141 Å². The molecule has 0 saturated heterocycles. The summed E-state index contributed by atoms with van der Waals surface area (Å²) in [6.45, 7) is 8.11. The van der Waals surface area contributed by atoms with Crippen LogP contribution in [0.2, 0.25) is 0 Å². The highest BCUT2D eigenvalue weighted by molar-refractivity contribution is 6.09. The van der Waals surface area contributed by atoms with Gasteiger partial charge in [0.2, 0.25) is 0 Å². The summed E-state index contributed by atoms with van der Waals surface area (Å²) in [5.74, 6) is -0.275. The maximum atomic E-state index is 14.1. The molecule has 0 saturated carbocycles. The van der Waals surface area contributed by atoms with Crippen LogP contribution in [-0.4, -0.2) is 22.8 Å². The number of anilines is 2. The molecule has 1 heterocycles. The highest BCUT2D eigenvalue weighted by atomic mass is 16.6. The van der Waals surface area contributed by atoms with Crippen LogP contribution >= 0.6 is 0 Å². The van der Waals surface area contributed by atoms with Crippen LogP contribution in [-0.2, 0) is 11.2 Å². The van der Waals surface area contributed by atoms with Crippen LogP contribution in [0.4, 0.5) is 17.1 Å². The minimum Gasteiger partial charge on any atom is -0.305 e. The molecule has 0 bridgehead atoms. The lowest BCUT2D eigenvalue weighted by atomic mass is 9.87. The highest BCUT2D eigenvalue weighted by Crippen LogP contribution is 2.45. The molecule has 0 aromatic heterocycles. The van der Waals surface area contributed by atoms with Crippen molar-refractivity contribution in [1.29, 1.82) is 0 Å². The number of nitrogens with zero attached hydrogens (tertiary/aromatic N) is 3. The van der Waals surface area contributed by atoms with Gasteiger partial charge in [-0.05, 0) is 97.8 Å². The zero-order chi connectivity index (χ0) is 30.7. The molecule has 2 unspecified atom stereocenters. The minimum absolute atomic E-state index is 0.00593. The van der Waals surface area contributed by atoms with E-state index in [2.05, 4.69) is 6.92 Å². The number of hydrogen-bond acceptors (Lipinski definition) is 4. The summed E-state index contributed by atoms with van der Waals surface area (Å²) < 4.78 is 0. The molecule has 0 N–H and O–H groups in total. The Kier molecular flexibility index (Phi) is 8.53. The topological polar surface area (TPSA) is 83.8 Å². The van der Waals surface area contributed by atoms with Crippen molar-refractivity contribution in [2.24, 2.45) is 0 Å². The number of hydrogen-bond donors (Lipinski definition) is 0. The van der Waals surface area contributed by atoms with Crippen molar-refractivity contribution in [2.45, 2.75) is 52.6 Å². The van der Waals surface area contributed by atoms with Crippen LogP contribution < -0.4 is 9.80 Å². The van der Waals surface area contributed by atoms with Crippen LogP contribution in [0.5, 0.6) is 0 Å². The van der Waals surface area contributed by atoms with E-state index in [4.69, 9.17) is 0 Å². The number of carbonyl (C=O) groups excluding carboxylic acids is 2. The van der Waals surface area contributed by atoms with Gasteiger partial charge in [-0.3, -0.25) is 19.7 Å². The molecular formula is C36H35N3O4. The molecule has 4 aromatic carbocycles. The Morgan fingerprint density at radius 3 is 2.26 bits per heavy atom. The van der Waals surface area contributed by atoms with E-state index >= 15 is 0 Å². The van der Waals surface area contributed by atoms with E-state index in [0.29, 0.717) is 17.5 Å². The fourth-order valence-electron chi connectivity index (χ4n) is 5.85. The van der Waals surface area contributed by atoms with Crippen molar-refractivity contribution in [2.75, 3.05) is 9.80 Å². The molecule has 4 aromatic rings. The molecule has 2 amide bonds. The summed E-state index contributed by atoms with van der Waals surface area (Å²) in [5.41, 5.74) is 6.95. The number of nitro groups is 1. The molecular weight excluding hydrogens is 538 g/mol. The van der Waals surface area contributed by atoms with Gasteiger partial charge in [0.1, 0.15) is 0 Å². The molecule has 7 nitrogen and oxygen atoms in total. The van der Waals surface area contributed by atoms with E-state index in [1.54, 1.807) is 18.2 Å². The average molecular weight is 574 g/mol. The number of aryl methyl sites for hydroxylation is 3. The Bertz CT molecular complexity index is 1690. The molecule has 2 atom stereocenters. The van der Waals surface area contributed by atoms with Crippen molar-refractivity contribution in [3.63, 3.8) is 0 Å². The van der Waals surface area contributed by atoms with E-state index in [0.717, 1.165) is 34.5 Å². The Morgan fingerprint density at radius 2 is 1.60 bits per heavy atom. The van der Waals surface area contributed by atoms with Gasteiger partial charge in [0.15, 0.2) is 0 Å². The van der Waals surface area contributed by atoms with Crippen LogP contribution in [0, 0.1) is 24.0 Å². The lowest BCUT2D eigenvalue weighted by Gasteiger charge is -2.44. The fraction of sp³-hybridized carbons (Fsp3) is 0.222. The van der Waals surface area contributed by atoms with Gasteiger partial charge in [0.05, 0.1) is 16.7 Å². The van der Waals surface area contributed by atoms with Crippen LogP contribution in [0.1, 0.15) is 64.5 Å². The number of amides is 2. The van der Waals surface area contributed by atoms with Crippen LogP contribution in [0.3, 0.4) is 0 Å². The molecule has 7 heteroatoms. The molecule has 218 valence electrons. The Morgan fingerprint density at radius 1 is 0.930 bits per heavy atom. The number of rotatable bonds is 7. The van der Waals surface area contributed by atoms with Crippen molar-refractivity contribution in [1.82, 2.24) is 0 Å². The third kappa shape index (κ3) is 5.97. The van der Waals surface area contributed by atoms with E-state index in [1.807, 2.05) is 97.3 Å². The molecule has 0 aliphatic carbocycles. The lowest BCUT2D eigenvalue weighted by molar-refractivity contribution is -0.384. The van der Waals surface area contributed by atoms with E-state index < -0.39 is 4.92 Å². The second-order valence-electron chi connectivity index (χ2n) is 11.0. The first kappa shape index (κ1) is 29.5. The lowest BCUT2D eigenvalue weighted by Crippen LogP contribution is -2.48. The monoisotopic (exact) mass is 573 g/mol. The van der Waals surface area contributed by atoms with E-state index in [-0.39, 0.29) is 29.6 Å². The molecule has 1 aliphatic heterocycles. The molecule has 43 heavy (non-hydrogen) atoms. The van der Waals surface area contributed by atoms with Gasteiger partial charge < -0.3 is 9.80 Å². The zero-order valence-corrected chi connectivity index (χ0v) is 24.9. The first-order valence-corrected chi connectivity index (χ1v) is 14.5. The summed E-state index contributed by atoms with van der Waals surface area (Å²) >= 11 is 0. The summed E-state index contributed by atoms with van der Waals surface area (Å²) in [6, 6.07) is 27.1. The van der Waals surface area contributed by atoms with E-state index in [1.165, 1.54) is 23.8 Å². The smallest absolute Gasteiger partial charge is 0.269 e. The Balaban J connectivity index is 1.56. The number of non-ortho nitro benzene ring substituents is 1. The van der Waals surface area contributed by atoms with Crippen molar-refractivity contribution >= 4 is 35.0 Å². The van der Waals surface area contributed by atoms with Crippen molar-refractivity contribution < 1.29 is 14.5 Å². The minimum atomic E-state index is -0.448. The van der Waals surface area contributed by atoms with Crippen molar-refractivity contribution in [3.8, 4) is 0 Å². The Labute approximate surface area is 252 Å². The maximum Gasteiger partial charge on any atom is 0.269 e. The number of para-hydroxylation sites is 2. The van der Waals surface area contributed by atoms with Gasteiger partial charge in [-0.15, -0.1) is 0 Å². The highest BCUT2D eigenvalue weighted by Gasteiger charge is 2.39. The predicted octanol–water partition coefficient (Wildman–Crippen LogP) is 8.00. The summed E-state index contributed by atoms with van der Waals surface area (Å²) in [7, 11) is 0. The molecule has 1 aliphatic rings. The molecule has 0 radical (unpaired) electrons. The van der Waals surface area contributed by atoms with Crippen LogP contribution in [0.15, 0.2) is 97.1 Å². The first-order valence-electron chi connectivity index (χ1n) is 14.5. The number of nitro benzene ring substituents is 1. The zero-order valence-electron chi connectivity index (χ0n) is 24.9. The normalized spacial score (nSPS) is 16.1. The second kappa shape index (κ2) is 12.4. The van der Waals surface area contributed by atoms with E-state index in [9.17, 15) is 19.7 Å². The largest absolute Gasteiger partial charge is 0.305 e. The molecule has 0 fully saturated rings. The van der Waals surface area contributed by atoms with Gasteiger partial charge in [-0.25, -0.2) is 0 Å². The maximum absolute atomic E-state index is 14.1. The third-order valence-electron chi connectivity index (χ3n) is 8.15.